The number of thiophene rings is 1. The van der Waals surface area contributed by atoms with Gasteiger partial charge in [-0.3, -0.25) is 0 Å². The molecule has 4 rings (SSSR count). The number of hydrogen-bond acceptors (Lipinski definition) is 6. The molecule has 8 heteroatoms. The van der Waals surface area contributed by atoms with Gasteiger partial charge in [0.05, 0.1) is 4.90 Å². The normalized spacial score (nSPS) is 11.7. The quantitative estimate of drug-likeness (QED) is 0.268. The topological polar surface area (TPSA) is 72.0 Å². The van der Waals surface area contributed by atoms with E-state index in [1.165, 1.54) is 11.8 Å². The Bertz CT molecular complexity index is 1180. The second-order valence-electron chi connectivity index (χ2n) is 5.93. The van der Waals surface area contributed by atoms with Gasteiger partial charge in [-0.2, -0.15) is 0 Å². The van der Waals surface area contributed by atoms with Crippen molar-refractivity contribution in [3.63, 3.8) is 0 Å². The van der Waals surface area contributed by atoms with Gasteiger partial charge in [0.2, 0.25) is 10.0 Å². The van der Waals surface area contributed by atoms with E-state index < -0.39 is 10.0 Å². The van der Waals surface area contributed by atoms with Crippen molar-refractivity contribution >= 4 is 43.3 Å². The average Bonchev–Trinajstić information content (AvgIpc) is 3.18. The molecule has 0 bridgehead atoms. The summed E-state index contributed by atoms with van der Waals surface area (Å²) >= 11 is 3.15. The van der Waals surface area contributed by atoms with E-state index in [2.05, 4.69) is 32.9 Å². The molecular formula is C20H17N3O2S3. The third-order valence-corrected chi connectivity index (χ3v) is 7.61. The summed E-state index contributed by atoms with van der Waals surface area (Å²) in [5.41, 5.74) is 1.15. The molecule has 0 spiro atoms. The van der Waals surface area contributed by atoms with Gasteiger partial charge in [-0.25, -0.2) is 23.1 Å². The Balaban J connectivity index is 1.45. The maximum atomic E-state index is 12.3. The van der Waals surface area contributed by atoms with Crippen LogP contribution in [0.25, 0.3) is 20.7 Å². The summed E-state index contributed by atoms with van der Waals surface area (Å²) in [4.78, 5) is 11.1. The Morgan fingerprint density at radius 1 is 0.964 bits per heavy atom. The van der Waals surface area contributed by atoms with Gasteiger partial charge in [0.15, 0.2) is 0 Å². The van der Waals surface area contributed by atoms with Gasteiger partial charge in [-0.1, -0.05) is 48.5 Å². The van der Waals surface area contributed by atoms with E-state index >= 15 is 0 Å². The van der Waals surface area contributed by atoms with E-state index in [4.69, 9.17) is 0 Å². The minimum Gasteiger partial charge on any atom is -0.229 e. The summed E-state index contributed by atoms with van der Waals surface area (Å²) in [7, 11) is -3.48. The van der Waals surface area contributed by atoms with Crippen LogP contribution < -0.4 is 4.72 Å². The molecule has 0 aliphatic carbocycles. The summed E-state index contributed by atoms with van der Waals surface area (Å²) in [6.07, 6.45) is 1.56. The molecule has 5 nitrogen and oxygen atoms in total. The van der Waals surface area contributed by atoms with Crippen LogP contribution in [0.1, 0.15) is 0 Å². The minimum atomic E-state index is -3.48. The van der Waals surface area contributed by atoms with Crippen molar-refractivity contribution < 1.29 is 8.42 Å². The zero-order valence-electron chi connectivity index (χ0n) is 14.8. The predicted molar refractivity (Wildman–Crippen MR) is 115 cm³/mol. The molecule has 2 heterocycles. The number of sulfonamides is 1. The van der Waals surface area contributed by atoms with Crippen molar-refractivity contribution in [2.45, 2.75) is 9.92 Å². The van der Waals surface area contributed by atoms with E-state index in [0.29, 0.717) is 12.3 Å². The van der Waals surface area contributed by atoms with Crippen LogP contribution in [0.3, 0.4) is 0 Å². The van der Waals surface area contributed by atoms with Gasteiger partial charge < -0.3 is 0 Å². The predicted octanol–water partition coefficient (Wildman–Crippen LogP) is 4.43. The highest BCUT2D eigenvalue weighted by Gasteiger charge is 2.14. The number of rotatable bonds is 7. The summed E-state index contributed by atoms with van der Waals surface area (Å²) in [6, 6.07) is 20.6. The fraction of sp³-hybridized carbons (Fsp3) is 0.100. The van der Waals surface area contributed by atoms with Gasteiger partial charge >= 0.3 is 0 Å². The van der Waals surface area contributed by atoms with Crippen molar-refractivity contribution in [3.8, 4) is 10.4 Å². The molecular weight excluding hydrogens is 410 g/mol. The second-order valence-corrected chi connectivity index (χ2v) is 9.81. The Labute approximate surface area is 171 Å². The molecule has 0 radical (unpaired) electrons. The number of nitrogens with one attached hydrogen (secondary N) is 1. The minimum absolute atomic E-state index is 0.273. The molecule has 0 unspecified atom stereocenters. The molecule has 0 fully saturated rings. The van der Waals surface area contributed by atoms with Crippen molar-refractivity contribution in [1.29, 1.82) is 0 Å². The molecule has 2 aromatic heterocycles. The first-order chi connectivity index (χ1) is 13.6. The highest BCUT2D eigenvalue weighted by molar-refractivity contribution is 7.99. The third-order valence-electron chi connectivity index (χ3n) is 4.04. The van der Waals surface area contributed by atoms with Gasteiger partial charge in [-0.15, -0.1) is 23.1 Å². The molecule has 4 aromatic rings. The van der Waals surface area contributed by atoms with Gasteiger partial charge in [0, 0.05) is 22.6 Å². The molecule has 1 N–H and O–H groups in total. The Hall–Kier alpha value is -2.26. The van der Waals surface area contributed by atoms with Crippen LogP contribution in [-0.2, 0) is 10.0 Å². The smallest absolute Gasteiger partial charge is 0.229 e. The summed E-state index contributed by atoms with van der Waals surface area (Å²) in [5.74, 6) is 0.578. The highest BCUT2D eigenvalue weighted by Crippen LogP contribution is 2.35. The molecule has 0 aliphatic rings. The van der Waals surface area contributed by atoms with Crippen LogP contribution in [0, 0.1) is 0 Å². The molecule has 0 saturated carbocycles. The standard InChI is InChI=1S/C20H17N3O2S3/c24-28(25,16-9-5-2-6-10-16)23-11-12-26-19-17-13-18(15-7-3-1-4-8-15)27-20(17)22-14-21-19/h1-10,13-14,23H,11-12H2. The molecule has 0 saturated heterocycles. The fourth-order valence-electron chi connectivity index (χ4n) is 2.70. The Kier molecular flexibility index (Phi) is 5.72. The van der Waals surface area contributed by atoms with E-state index in [9.17, 15) is 8.42 Å². The molecule has 28 heavy (non-hydrogen) atoms. The van der Waals surface area contributed by atoms with Gasteiger partial charge in [0.25, 0.3) is 0 Å². The van der Waals surface area contributed by atoms with Crippen LogP contribution in [0.4, 0.5) is 0 Å². The number of nitrogens with zero attached hydrogens (tertiary/aromatic N) is 2. The van der Waals surface area contributed by atoms with E-state index in [-0.39, 0.29) is 4.90 Å². The van der Waals surface area contributed by atoms with Crippen LogP contribution >= 0.6 is 23.1 Å². The number of fused-ring (bicyclic) bond motifs is 1. The average molecular weight is 428 g/mol. The van der Waals surface area contributed by atoms with E-state index in [0.717, 1.165) is 25.7 Å². The first kappa shape index (κ1) is 19.1. The molecule has 0 amide bonds. The summed E-state index contributed by atoms with van der Waals surface area (Å²) in [6.45, 7) is 0.322. The lowest BCUT2D eigenvalue weighted by Gasteiger charge is -2.06. The Morgan fingerprint density at radius 2 is 1.68 bits per heavy atom. The van der Waals surface area contributed by atoms with Crippen molar-refractivity contribution in [2.75, 3.05) is 12.3 Å². The largest absolute Gasteiger partial charge is 0.240 e. The maximum Gasteiger partial charge on any atom is 0.240 e. The van der Waals surface area contributed by atoms with Crippen molar-refractivity contribution in [2.24, 2.45) is 0 Å². The van der Waals surface area contributed by atoms with Crippen molar-refractivity contribution in [1.82, 2.24) is 14.7 Å². The van der Waals surface area contributed by atoms with Crippen LogP contribution in [0.15, 0.2) is 83.0 Å². The SMILES string of the molecule is O=S(=O)(NCCSc1ncnc2sc(-c3ccccc3)cc12)c1ccccc1. The monoisotopic (exact) mass is 427 g/mol. The lowest BCUT2D eigenvalue weighted by atomic mass is 10.2. The van der Waals surface area contributed by atoms with Crippen LogP contribution in [-0.4, -0.2) is 30.7 Å². The number of benzene rings is 2. The van der Waals surface area contributed by atoms with Crippen LogP contribution in [0.2, 0.25) is 0 Å². The third kappa shape index (κ3) is 4.25. The number of aromatic nitrogens is 2. The molecule has 0 aliphatic heterocycles. The lowest BCUT2D eigenvalue weighted by molar-refractivity contribution is 0.584. The molecule has 142 valence electrons. The summed E-state index contributed by atoms with van der Waals surface area (Å²) in [5, 5.41) is 1.87. The first-order valence-electron chi connectivity index (χ1n) is 8.61. The lowest BCUT2D eigenvalue weighted by Crippen LogP contribution is -2.25. The fourth-order valence-corrected chi connectivity index (χ4v) is 5.78. The van der Waals surface area contributed by atoms with Crippen molar-refractivity contribution in [3.05, 3.63) is 73.1 Å². The maximum absolute atomic E-state index is 12.3. The second kappa shape index (κ2) is 8.40. The summed E-state index contributed by atoms with van der Waals surface area (Å²) < 4.78 is 27.2. The molecule has 0 atom stereocenters. The number of thioether (sulfide) groups is 1. The Morgan fingerprint density at radius 3 is 2.43 bits per heavy atom. The van der Waals surface area contributed by atoms with E-state index in [1.807, 2.05) is 18.2 Å². The van der Waals surface area contributed by atoms with E-state index in [1.54, 1.807) is 48.0 Å². The van der Waals surface area contributed by atoms with Gasteiger partial charge in [-0.05, 0) is 23.8 Å². The highest BCUT2D eigenvalue weighted by atomic mass is 32.2. The van der Waals surface area contributed by atoms with Gasteiger partial charge in [0.1, 0.15) is 16.2 Å². The zero-order chi connectivity index (χ0) is 19.4. The first-order valence-corrected chi connectivity index (χ1v) is 11.9. The number of hydrogen-bond donors (Lipinski definition) is 1. The molecule has 2 aromatic carbocycles. The van der Waals surface area contributed by atoms with Crippen LogP contribution in [0.5, 0.6) is 0 Å². The zero-order valence-corrected chi connectivity index (χ0v) is 17.2.